The maximum absolute atomic E-state index is 13.6. The summed E-state index contributed by atoms with van der Waals surface area (Å²) in [6.45, 7) is -0.517. The molecule has 0 saturated carbocycles. The molecule has 10 nitrogen and oxygen atoms in total. The first-order valence-electron chi connectivity index (χ1n) is 11.2. The number of imide groups is 1. The Hall–Kier alpha value is -3.81. The maximum atomic E-state index is 13.6. The number of benzene rings is 2. The van der Waals surface area contributed by atoms with Gasteiger partial charge in [-0.2, -0.15) is 21.6 Å². The van der Waals surface area contributed by atoms with E-state index in [-0.39, 0.29) is 35.3 Å². The summed E-state index contributed by atoms with van der Waals surface area (Å²) in [5.41, 5.74) is -0.0250. The van der Waals surface area contributed by atoms with Crippen molar-refractivity contribution in [2.24, 2.45) is 5.92 Å². The Labute approximate surface area is 209 Å². The summed E-state index contributed by atoms with van der Waals surface area (Å²) in [7, 11) is -1.14. The fourth-order valence-electron chi connectivity index (χ4n) is 5.21. The molecule has 2 aromatic carbocycles. The van der Waals surface area contributed by atoms with Gasteiger partial charge in [0.1, 0.15) is 0 Å². The first kappa shape index (κ1) is 24.9. The van der Waals surface area contributed by atoms with Crippen molar-refractivity contribution in [2.45, 2.75) is 25.1 Å². The average Bonchev–Trinajstić information content (AvgIpc) is 3.32. The van der Waals surface area contributed by atoms with Crippen LogP contribution in [0.1, 0.15) is 29.2 Å². The van der Waals surface area contributed by atoms with Gasteiger partial charge < -0.3 is 5.11 Å². The zero-order chi connectivity index (χ0) is 27.0. The topological polar surface area (TPSA) is 119 Å². The van der Waals surface area contributed by atoms with Crippen LogP contribution in [0.5, 0.6) is 0 Å². The Bertz CT molecular complexity index is 1460. The third-order valence-electron chi connectivity index (χ3n) is 7.13. The van der Waals surface area contributed by atoms with Gasteiger partial charge in [-0.05, 0) is 48.2 Å². The highest BCUT2D eigenvalue weighted by atomic mass is 32.2. The van der Waals surface area contributed by atoms with Gasteiger partial charge in [-0.3, -0.25) is 28.0 Å². The number of carboxylic acid groups (broad SMARTS) is 1. The predicted molar refractivity (Wildman–Crippen MR) is 125 cm³/mol. The number of rotatable bonds is 3. The van der Waals surface area contributed by atoms with E-state index in [0.717, 1.165) is 24.5 Å². The average molecular weight is 539 g/mol. The van der Waals surface area contributed by atoms with Crippen molar-refractivity contribution in [2.75, 3.05) is 34.2 Å². The number of alkyl halides is 3. The number of carboxylic acids is 1. The van der Waals surface area contributed by atoms with E-state index >= 15 is 0 Å². The van der Waals surface area contributed by atoms with E-state index in [1.807, 2.05) is 0 Å². The number of carbonyl (C=O) groups excluding carboxylic acids is 2. The van der Waals surface area contributed by atoms with Crippen LogP contribution in [0.4, 0.5) is 35.0 Å². The normalized spacial score (nSPS) is 22.9. The molecule has 1 N–H and O–H groups in total. The summed E-state index contributed by atoms with van der Waals surface area (Å²) in [4.78, 5) is 40.6. The van der Waals surface area contributed by atoms with Gasteiger partial charge in [-0.15, -0.1) is 0 Å². The minimum absolute atomic E-state index is 0.00997. The Balaban J connectivity index is 1.57. The minimum Gasteiger partial charge on any atom is -0.481 e. The minimum atomic E-state index is -4.63. The van der Waals surface area contributed by atoms with Gasteiger partial charge in [-0.1, -0.05) is 12.1 Å². The van der Waals surface area contributed by atoms with Crippen molar-refractivity contribution >= 4 is 45.2 Å². The number of fused-ring (bicyclic) bond motifs is 2. The van der Waals surface area contributed by atoms with Crippen LogP contribution in [0.3, 0.4) is 0 Å². The summed E-state index contributed by atoms with van der Waals surface area (Å²) in [6.07, 6.45) is -4.66. The number of amides is 3. The Kier molecular flexibility index (Phi) is 5.44. The van der Waals surface area contributed by atoms with E-state index in [4.69, 9.17) is 0 Å². The number of halogens is 3. The van der Waals surface area contributed by atoms with Crippen LogP contribution in [0, 0.1) is 5.92 Å². The van der Waals surface area contributed by atoms with Gasteiger partial charge in [0.2, 0.25) is 5.91 Å². The largest absolute Gasteiger partial charge is 0.481 e. The molecule has 0 spiro atoms. The second kappa shape index (κ2) is 8.10. The van der Waals surface area contributed by atoms with Crippen molar-refractivity contribution in [1.29, 1.82) is 0 Å². The molecule has 3 amide bonds. The lowest BCUT2D eigenvalue weighted by molar-refractivity contribution is -0.151. The van der Waals surface area contributed by atoms with Crippen LogP contribution in [-0.4, -0.2) is 57.0 Å². The molecule has 0 aromatic heterocycles. The Morgan fingerprint density at radius 3 is 2.38 bits per heavy atom. The van der Waals surface area contributed by atoms with Crippen LogP contribution >= 0.6 is 0 Å². The molecule has 1 saturated heterocycles. The third-order valence-corrected chi connectivity index (χ3v) is 8.91. The number of nitrogens with zero attached hydrogens (tertiary/aromatic N) is 4. The molecule has 0 radical (unpaired) electrons. The van der Waals surface area contributed by atoms with Crippen LogP contribution < -0.4 is 13.5 Å². The second-order valence-electron chi connectivity index (χ2n) is 9.03. The number of carbonyl (C=O) groups is 3. The molecular formula is C23H21F3N4O6S. The lowest BCUT2D eigenvalue weighted by atomic mass is 9.98. The van der Waals surface area contributed by atoms with Gasteiger partial charge in [0.05, 0.1) is 23.0 Å². The summed E-state index contributed by atoms with van der Waals surface area (Å²) < 4.78 is 67.7. The van der Waals surface area contributed by atoms with Crippen molar-refractivity contribution in [1.82, 2.24) is 4.90 Å². The molecule has 196 valence electrons. The molecule has 37 heavy (non-hydrogen) atoms. The fraction of sp³-hybridized carbons (Fsp3) is 0.348. The van der Waals surface area contributed by atoms with Crippen molar-refractivity contribution < 1.29 is 41.1 Å². The lowest BCUT2D eigenvalue weighted by Gasteiger charge is -2.40. The molecule has 0 bridgehead atoms. The number of aliphatic carboxylic acids is 1. The van der Waals surface area contributed by atoms with E-state index in [0.29, 0.717) is 5.69 Å². The number of hydrogen-bond donors (Lipinski definition) is 1. The van der Waals surface area contributed by atoms with E-state index in [1.165, 1.54) is 44.4 Å². The Morgan fingerprint density at radius 1 is 1.05 bits per heavy atom. The summed E-state index contributed by atoms with van der Waals surface area (Å²) in [5.74, 6) is -4.16. The highest BCUT2D eigenvalue weighted by Gasteiger charge is 2.49. The zero-order valence-corrected chi connectivity index (χ0v) is 20.4. The first-order chi connectivity index (χ1) is 17.2. The number of hydrogen-bond acceptors (Lipinski definition) is 5. The quantitative estimate of drug-likeness (QED) is 0.601. The molecule has 3 aliphatic rings. The van der Waals surface area contributed by atoms with Gasteiger partial charge >= 0.3 is 28.4 Å². The standard InChI is InChI=1S/C23H21F3N4O6S/c1-27-18-8-6-12(10-19(18)28(2)37(27,35)36)29-11-15(21(32)33)20(31)30(22(29)34)17-9-7-13-14(17)4-3-5-16(13)23(24,25)26/h3-6,8,10,15,17H,7,9,11H2,1-2H3,(H,32,33)/t15?,17-/m1/s1. The second-order valence-corrected chi connectivity index (χ2v) is 11.0. The monoisotopic (exact) mass is 538 g/mol. The van der Waals surface area contributed by atoms with E-state index in [1.54, 1.807) is 0 Å². The van der Waals surface area contributed by atoms with E-state index in [9.17, 15) is 41.1 Å². The molecule has 1 fully saturated rings. The fourth-order valence-corrected chi connectivity index (χ4v) is 6.38. The summed E-state index contributed by atoms with van der Waals surface area (Å²) in [6, 6.07) is 5.83. The molecule has 2 aliphatic heterocycles. The van der Waals surface area contributed by atoms with Gasteiger partial charge in [0.15, 0.2) is 5.92 Å². The first-order valence-corrected chi connectivity index (χ1v) is 12.6. The molecule has 2 atom stereocenters. The van der Waals surface area contributed by atoms with Crippen LogP contribution in [0.2, 0.25) is 0 Å². The lowest BCUT2D eigenvalue weighted by Crippen LogP contribution is -2.59. The van der Waals surface area contributed by atoms with E-state index < -0.39 is 58.4 Å². The molecule has 5 rings (SSSR count). The summed E-state index contributed by atoms with van der Waals surface area (Å²) in [5, 5.41) is 9.74. The molecule has 2 aromatic rings. The number of urea groups is 1. The van der Waals surface area contributed by atoms with Crippen LogP contribution in [0.15, 0.2) is 36.4 Å². The molecule has 1 aliphatic carbocycles. The molecular weight excluding hydrogens is 517 g/mol. The van der Waals surface area contributed by atoms with Crippen molar-refractivity contribution in [3.8, 4) is 0 Å². The molecule has 1 unspecified atom stereocenters. The summed E-state index contributed by atoms with van der Waals surface area (Å²) >= 11 is 0. The molecule has 2 heterocycles. The molecule has 14 heteroatoms. The van der Waals surface area contributed by atoms with Gasteiger partial charge in [-0.25, -0.2) is 4.79 Å². The van der Waals surface area contributed by atoms with E-state index in [2.05, 4.69) is 0 Å². The van der Waals surface area contributed by atoms with Gasteiger partial charge in [0.25, 0.3) is 0 Å². The van der Waals surface area contributed by atoms with Crippen molar-refractivity contribution in [3.63, 3.8) is 0 Å². The van der Waals surface area contributed by atoms with Crippen LogP contribution in [-0.2, 0) is 32.4 Å². The third kappa shape index (κ3) is 3.61. The van der Waals surface area contributed by atoms with Crippen LogP contribution in [0.25, 0.3) is 0 Å². The Morgan fingerprint density at radius 2 is 1.73 bits per heavy atom. The smallest absolute Gasteiger partial charge is 0.416 e. The van der Waals surface area contributed by atoms with Gasteiger partial charge in [0, 0.05) is 26.3 Å². The zero-order valence-electron chi connectivity index (χ0n) is 19.6. The SMILES string of the molecule is CN1c2ccc(N3CC(C(=O)O)C(=O)N([C@@H]4CCc5c4cccc5C(F)(F)F)C3=O)cc2N(C)S1(=O)=O. The maximum Gasteiger partial charge on any atom is 0.416 e. The predicted octanol–water partition coefficient (Wildman–Crippen LogP) is 2.99. The number of anilines is 3. The highest BCUT2D eigenvalue weighted by molar-refractivity contribution is 7.94. The highest BCUT2D eigenvalue weighted by Crippen LogP contribution is 2.45. The van der Waals surface area contributed by atoms with Crippen molar-refractivity contribution in [3.05, 3.63) is 53.1 Å².